The molecule has 1 aliphatic rings. The quantitative estimate of drug-likeness (QED) is 0.828. The van der Waals surface area contributed by atoms with Crippen LogP contribution in [0.5, 0.6) is 0 Å². The number of aromatic nitrogens is 2. The van der Waals surface area contributed by atoms with E-state index in [0.29, 0.717) is 18.3 Å². The second kappa shape index (κ2) is 5.27. The standard InChI is InChI=1S/C11H17N3O3/c1-2-9-12-13-10(17-9)7-14-5-3-4-8(14)6-11(15)16/h8H,2-7H2,1H3,(H,15,16). The Bertz CT molecular complexity index is 391. The Morgan fingerprint density at radius 2 is 2.29 bits per heavy atom. The smallest absolute Gasteiger partial charge is 0.304 e. The van der Waals surface area contributed by atoms with Gasteiger partial charge in [0.15, 0.2) is 0 Å². The van der Waals surface area contributed by atoms with E-state index in [4.69, 9.17) is 9.52 Å². The predicted molar refractivity (Wildman–Crippen MR) is 59.4 cm³/mol. The molecule has 17 heavy (non-hydrogen) atoms. The Kier molecular flexibility index (Phi) is 3.73. The molecular formula is C11H17N3O3. The maximum absolute atomic E-state index is 10.7. The van der Waals surface area contributed by atoms with Gasteiger partial charge in [-0.25, -0.2) is 0 Å². The number of hydrogen-bond donors (Lipinski definition) is 1. The summed E-state index contributed by atoms with van der Waals surface area (Å²) in [7, 11) is 0. The normalized spacial score (nSPS) is 20.9. The van der Waals surface area contributed by atoms with Gasteiger partial charge in [0.1, 0.15) is 0 Å². The summed E-state index contributed by atoms with van der Waals surface area (Å²) in [4.78, 5) is 12.8. The highest BCUT2D eigenvalue weighted by atomic mass is 16.4. The van der Waals surface area contributed by atoms with E-state index in [1.807, 2.05) is 6.92 Å². The Labute approximate surface area is 99.6 Å². The third kappa shape index (κ3) is 3.03. The number of nitrogens with zero attached hydrogens (tertiary/aromatic N) is 3. The minimum absolute atomic E-state index is 0.101. The molecule has 2 heterocycles. The fourth-order valence-electron chi connectivity index (χ4n) is 2.20. The van der Waals surface area contributed by atoms with Gasteiger partial charge in [-0.15, -0.1) is 10.2 Å². The number of aliphatic carboxylic acids is 1. The number of likely N-dealkylation sites (tertiary alicyclic amines) is 1. The van der Waals surface area contributed by atoms with Crippen molar-refractivity contribution in [3.63, 3.8) is 0 Å². The first kappa shape index (κ1) is 12.0. The van der Waals surface area contributed by atoms with Crippen LogP contribution in [0.25, 0.3) is 0 Å². The molecule has 0 saturated carbocycles. The summed E-state index contributed by atoms with van der Waals surface area (Å²) in [6, 6.07) is 0.101. The Balaban J connectivity index is 1.95. The summed E-state index contributed by atoms with van der Waals surface area (Å²) in [6.45, 7) is 3.42. The van der Waals surface area contributed by atoms with Crippen molar-refractivity contribution in [1.82, 2.24) is 15.1 Å². The van der Waals surface area contributed by atoms with Gasteiger partial charge in [-0.2, -0.15) is 0 Å². The van der Waals surface area contributed by atoms with E-state index in [9.17, 15) is 4.79 Å². The molecule has 6 nitrogen and oxygen atoms in total. The van der Waals surface area contributed by atoms with E-state index in [2.05, 4.69) is 15.1 Å². The van der Waals surface area contributed by atoms with Gasteiger partial charge >= 0.3 is 5.97 Å². The number of aryl methyl sites for hydroxylation is 1. The minimum atomic E-state index is -0.748. The monoisotopic (exact) mass is 239 g/mol. The molecular weight excluding hydrogens is 222 g/mol. The van der Waals surface area contributed by atoms with Crippen molar-refractivity contribution in [3.05, 3.63) is 11.8 Å². The van der Waals surface area contributed by atoms with E-state index in [1.165, 1.54) is 0 Å². The molecule has 0 radical (unpaired) electrons. The molecule has 6 heteroatoms. The molecule has 0 bridgehead atoms. The molecule has 1 N–H and O–H groups in total. The van der Waals surface area contributed by atoms with Crippen LogP contribution >= 0.6 is 0 Å². The van der Waals surface area contributed by atoms with Crippen LogP contribution in [0.1, 0.15) is 38.0 Å². The van der Waals surface area contributed by atoms with Gasteiger partial charge in [0.05, 0.1) is 13.0 Å². The van der Waals surface area contributed by atoms with E-state index in [1.54, 1.807) is 0 Å². The number of carboxylic acid groups (broad SMARTS) is 1. The van der Waals surface area contributed by atoms with Crippen LogP contribution in [-0.4, -0.2) is 38.8 Å². The zero-order chi connectivity index (χ0) is 12.3. The summed E-state index contributed by atoms with van der Waals surface area (Å²) >= 11 is 0. The van der Waals surface area contributed by atoms with Gasteiger partial charge < -0.3 is 9.52 Å². The highest BCUT2D eigenvalue weighted by molar-refractivity contribution is 5.67. The van der Waals surface area contributed by atoms with Crippen LogP contribution in [0, 0.1) is 0 Å². The third-order valence-corrected chi connectivity index (χ3v) is 3.06. The molecule has 1 unspecified atom stereocenters. The third-order valence-electron chi connectivity index (χ3n) is 3.06. The van der Waals surface area contributed by atoms with Crippen molar-refractivity contribution in [2.24, 2.45) is 0 Å². The summed E-state index contributed by atoms with van der Waals surface area (Å²) < 4.78 is 5.44. The molecule has 0 spiro atoms. The molecule has 1 aromatic rings. The molecule has 1 saturated heterocycles. The molecule has 0 aromatic carbocycles. The number of carboxylic acids is 1. The first-order valence-electron chi connectivity index (χ1n) is 5.96. The first-order chi connectivity index (χ1) is 8.19. The van der Waals surface area contributed by atoms with Gasteiger partial charge in [-0.05, 0) is 19.4 Å². The van der Waals surface area contributed by atoms with Gasteiger partial charge in [-0.3, -0.25) is 9.69 Å². The molecule has 1 atom stereocenters. The highest BCUT2D eigenvalue weighted by Gasteiger charge is 2.27. The topological polar surface area (TPSA) is 79.5 Å². The maximum Gasteiger partial charge on any atom is 0.304 e. The number of rotatable bonds is 5. The summed E-state index contributed by atoms with van der Waals surface area (Å²) in [5.41, 5.74) is 0. The van der Waals surface area contributed by atoms with Crippen LogP contribution in [0.2, 0.25) is 0 Å². The summed E-state index contributed by atoms with van der Waals surface area (Å²) in [5, 5.41) is 16.7. The Hall–Kier alpha value is -1.43. The van der Waals surface area contributed by atoms with Crippen LogP contribution < -0.4 is 0 Å². The summed E-state index contributed by atoms with van der Waals surface area (Å²) in [5.74, 6) is 0.467. The lowest BCUT2D eigenvalue weighted by atomic mass is 10.1. The van der Waals surface area contributed by atoms with Crippen LogP contribution in [-0.2, 0) is 17.8 Å². The van der Waals surface area contributed by atoms with E-state index < -0.39 is 5.97 Å². The molecule has 94 valence electrons. The molecule has 0 amide bonds. The van der Waals surface area contributed by atoms with Crippen LogP contribution in [0.15, 0.2) is 4.42 Å². The average Bonchev–Trinajstić information content (AvgIpc) is 2.89. The van der Waals surface area contributed by atoms with Gasteiger partial charge in [-0.1, -0.05) is 6.92 Å². The molecule has 1 aliphatic heterocycles. The molecule has 1 fully saturated rings. The van der Waals surface area contributed by atoms with Crippen molar-refractivity contribution in [2.75, 3.05) is 6.54 Å². The first-order valence-corrected chi connectivity index (χ1v) is 5.96. The van der Waals surface area contributed by atoms with Crippen LogP contribution in [0.4, 0.5) is 0 Å². The molecule has 2 rings (SSSR count). The lowest BCUT2D eigenvalue weighted by Gasteiger charge is -2.20. The SMILES string of the molecule is CCc1nnc(CN2CCCC2CC(=O)O)o1. The van der Waals surface area contributed by atoms with Gasteiger partial charge in [0, 0.05) is 12.5 Å². The van der Waals surface area contributed by atoms with E-state index >= 15 is 0 Å². The molecule has 0 aliphatic carbocycles. The van der Waals surface area contributed by atoms with E-state index in [0.717, 1.165) is 25.8 Å². The van der Waals surface area contributed by atoms with Crippen molar-refractivity contribution >= 4 is 5.97 Å². The van der Waals surface area contributed by atoms with Crippen molar-refractivity contribution < 1.29 is 14.3 Å². The van der Waals surface area contributed by atoms with Gasteiger partial charge in [0.25, 0.3) is 0 Å². The second-order valence-electron chi connectivity index (χ2n) is 4.31. The Morgan fingerprint density at radius 3 is 2.94 bits per heavy atom. The number of carbonyl (C=O) groups is 1. The lowest BCUT2D eigenvalue weighted by molar-refractivity contribution is -0.138. The van der Waals surface area contributed by atoms with Crippen LogP contribution in [0.3, 0.4) is 0 Å². The average molecular weight is 239 g/mol. The fraction of sp³-hybridized carbons (Fsp3) is 0.727. The summed E-state index contributed by atoms with van der Waals surface area (Å²) in [6.07, 6.45) is 2.88. The van der Waals surface area contributed by atoms with Crippen molar-refractivity contribution in [2.45, 2.75) is 45.2 Å². The van der Waals surface area contributed by atoms with Crippen molar-refractivity contribution in [3.8, 4) is 0 Å². The highest BCUT2D eigenvalue weighted by Crippen LogP contribution is 2.22. The van der Waals surface area contributed by atoms with Gasteiger partial charge in [0.2, 0.25) is 11.8 Å². The largest absolute Gasteiger partial charge is 0.481 e. The molecule has 1 aromatic heterocycles. The maximum atomic E-state index is 10.7. The predicted octanol–water partition coefficient (Wildman–Crippen LogP) is 1.07. The Morgan fingerprint density at radius 1 is 1.53 bits per heavy atom. The second-order valence-corrected chi connectivity index (χ2v) is 4.31. The number of hydrogen-bond acceptors (Lipinski definition) is 5. The van der Waals surface area contributed by atoms with E-state index in [-0.39, 0.29) is 12.5 Å². The van der Waals surface area contributed by atoms with Crippen molar-refractivity contribution in [1.29, 1.82) is 0 Å². The fourth-order valence-corrected chi connectivity index (χ4v) is 2.20. The zero-order valence-corrected chi connectivity index (χ0v) is 9.93. The lowest BCUT2D eigenvalue weighted by Crippen LogP contribution is -2.30. The minimum Gasteiger partial charge on any atom is -0.481 e. The zero-order valence-electron chi connectivity index (χ0n) is 9.93.